The van der Waals surface area contributed by atoms with Crippen molar-refractivity contribution in [3.05, 3.63) is 35.2 Å². The summed E-state index contributed by atoms with van der Waals surface area (Å²) >= 11 is 0. The Morgan fingerprint density at radius 1 is 1.25 bits per heavy atom. The maximum Gasteiger partial charge on any atom is 0.157 e. The molecule has 1 aromatic carbocycles. The lowest BCUT2D eigenvalue weighted by molar-refractivity contribution is 0.708. The van der Waals surface area contributed by atoms with Crippen LogP contribution in [0.3, 0.4) is 0 Å². The van der Waals surface area contributed by atoms with Crippen LogP contribution in [-0.4, -0.2) is 20.2 Å². The molecular weight excluding hydrogens is 200 g/mol. The van der Waals surface area contributed by atoms with Gasteiger partial charge in [-0.3, -0.25) is 0 Å². The van der Waals surface area contributed by atoms with Crippen molar-refractivity contribution in [1.82, 2.24) is 20.2 Å². The third-order valence-corrected chi connectivity index (χ3v) is 3.15. The molecule has 1 aliphatic heterocycles. The molecule has 16 heavy (non-hydrogen) atoms. The Balaban J connectivity index is 2.14. The Hall–Kier alpha value is -1.71. The van der Waals surface area contributed by atoms with Crippen LogP contribution < -0.4 is 0 Å². The van der Waals surface area contributed by atoms with Crippen molar-refractivity contribution >= 4 is 0 Å². The molecule has 0 unspecified atom stereocenters. The molecule has 2 heterocycles. The van der Waals surface area contributed by atoms with Gasteiger partial charge in [-0.05, 0) is 40.0 Å². The Labute approximate surface area is 94.3 Å². The van der Waals surface area contributed by atoms with E-state index < -0.39 is 0 Å². The molecule has 3 rings (SSSR count). The van der Waals surface area contributed by atoms with Crippen LogP contribution in [0.2, 0.25) is 0 Å². The maximum atomic E-state index is 4.03. The lowest BCUT2D eigenvalue weighted by atomic mass is 9.96. The first-order valence-electron chi connectivity index (χ1n) is 5.66. The van der Waals surface area contributed by atoms with Gasteiger partial charge in [0.25, 0.3) is 0 Å². The highest BCUT2D eigenvalue weighted by molar-refractivity contribution is 5.46. The number of nitrogens with zero attached hydrogens (tertiary/aromatic N) is 4. The first kappa shape index (κ1) is 9.51. The van der Waals surface area contributed by atoms with E-state index in [0.717, 1.165) is 24.4 Å². The molecule has 0 saturated carbocycles. The smallest absolute Gasteiger partial charge is 0.157 e. The minimum absolute atomic E-state index is 0.570. The minimum atomic E-state index is 0.570. The van der Waals surface area contributed by atoms with Crippen molar-refractivity contribution in [2.45, 2.75) is 32.6 Å². The Kier molecular flexibility index (Phi) is 2.02. The first-order chi connectivity index (χ1) is 7.75. The highest BCUT2D eigenvalue weighted by Crippen LogP contribution is 2.25. The van der Waals surface area contributed by atoms with Gasteiger partial charge in [0, 0.05) is 6.42 Å². The second kappa shape index (κ2) is 3.40. The fourth-order valence-electron chi connectivity index (χ4n) is 2.17. The molecule has 82 valence electrons. The topological polar surface area (TPSA) is 43.6 Å². The standard InChI is InChI=1S/C12H14N4/c1-8(2)9-3-5-11-10(7-9)4-6-12-13-14-15-16(11)12/h3,5,7-8H,4,6H2,1-2H3. The predicted octanol–water partition coefficient (Wildman–Crippen LogP) is 1.88. The van der Waals surface area contributed by atoms with Crippen LogP contribution in [0, 0.1) is 0 Å². The molecule has 0 spiro atoms. The number of hydrogen-bond donors (Lipinski definition) is 0. The monoisotopic (exact) mass is 214 g/mol. The predicted molar refractivity (Wildman–Crippen MR) is 60.7 cm³/mol. The van der Waals surface area contributed by atoms with Crippen molar-refractivity contribution in [2.75, 3.05) is 0 Å². The van der Waals surface area contributed by atoms with E-state index in [1.807, 2.05) is 4.68 Å². The van der Waals surface area contributed by atoms with Gasteiger partial charge in [-0.15, -0.1) is 5.10 Å². The van der Waals surface area contributed by atoms with Gasteiger partial charge in [0.05, 0.1) is 5.69 Å². The summed E-state index contributed by atoms with van der Waals surface area (Å²) in [5.74, 6) is 1.53. The van der Waals surface area contributed by atoms with Gasteiger partial charge >= 0.3 is 0 Å². The second-order valence-corrected chi connectivity index (χ2v) is 4.55. The Bertz CT molecular complexity index is 528. The van der Waals surface area contributed by atoms with E-state index in [9.17, 15) is 0 Å². The zero-order valence-corrected chi connectivity index (χ0v) is 9.51. The van der Waals surface area contributed by atoms with Crippen LogP contribution in [0.4, 0.5) is 0 Å². The Morgan fingerprint density at radius 3 is 2.94 bits per heavy atom. The third-order valence-electron chi connectivity index (χ3n) is 3.15. The molecule has 4 nitrogen and oxygen atoms in total. The molecule has 0 saturated heterocycles. The highest BCUT2D eigenvalue weighted by atomic mass is 15.5. The van der Waals surface area contributed by atoms with Gasteiger partial charge in [-0.1, -0.05) is 26.0 Å². The van der Waals surface area contributed by atoms with Gasteiger partial charge in [-0.25, -0.2) is 0 Å². The van der Waals surface area contributed by atoms with Crippen molar-refractivity contribution in [3.8, 4) is 5.69 Å². The first-order valence-corrected chi connectivity index (χ1v) is 5.66. The van der Waals surface area contributed by atoms with Crippen LogP contribution in [0.5, 0.6) is 0 Å². The summed E-state index contributed by atoms with van der Waals surface area (Å²) in [5, 5.41) is 11.8. The number of rotatable bonds is 1. The molecule has 0 aliphatic carbocycles. The van der Waals surface area contributed by atoms with E-state index in [1.54, 1.807) is 0 Å². The summed E-state index contributed by atoms with van der Waals surface area (Å²) in [6, 6.07) is 6.58. The summed E-state index contributed by atoms with van der Waals surface area (Å²) in [6.07, 6.45) is 1.97. The number of benzene rings is 1. The van der Waals surface area contributed by atoms with Crippen LogP contribution in [-0.2, 0) is 12.8 Å². The zero-order chi connectivity index (χ0) is 11.1. The molecule has 0 N–H and O–H groups in total. The summed E-state index contributed by atoms with van der Waals surface area (Å²) in [5.41, 5.74) is 3.87. The minimum Gasteiger partial charge on any atom is -0.197 e. The Morgan fingerprint density at radius 2 is 2.12 bits per heavy atom. The largest absolute Gasteiger partial charge is 0.197 e. The fraction of sp³-hybridized carbons (Fsp3) is 0.417. The van der Waals surface area contributed by atoms with Gasteiger partial charge in [0.2, 0.25) is 0 Å². The molecular formula is C12H14N4. The summed E-state index contributed by atoms with van der Waals surface area (Å²) in [6.45, 7) is 4.43. The molecule has 0 radical (unpaired) electrons. The van der Waals surface area contributed by atoms with E-state index in [2.05, 4.69) is 47.6 Å². The molecule has 0 amide bonds. The number of hydrogen-bond acceptors (Lipinski definition) is 3. The summed E-state index contributed by atoms with van der Waals surface area (Å²) in [7, 11) is 0. The normalized spacial score (nSPS) is 13.7. The van der Waals surface area contributed by atoms with E-state index >= 15 is 0 Å². The van der Waals surface area contributed by atoms with Gasteiger partial charge in [-0.2, -0.15) is 4.68 Å². The van der Waals surface area contributed by atoms with Crippen LogP contribution in [0.25, 0.3) is 5.69 Å². The molecule has 4 heteroatoms. The van der Waals surface area contributed by atoms with Crippen molar-refractivity contribution in [3.63, 3.8) is 0 Å². The molecule has 1 aromatic heterocycles. The van der Waals surface area contributed by atoms with E-state index in [1.165, 1.54) is 11.1 Å². The number of aromatic nitrogens is 4. The zero-order valence-electron chi connectivity index (χ0n) is 9.51. The van der Waals surface area contributed by atoms with Crippen molar-refractivity contribution in [1.29, 1.82) is 0 Å². The van der Waals surface area contributed by atoms with Crippen LogP contribution in [0.1, 0.15) is 36.7 Å². The van der Waals surface area contributed by atoms with Crippen molar-refractivity contribution < 1.29 is 0 Å². The average molecular weight is 214 g/mol. The maximum absolute atomic E-state index is 4.03. The molecule has 0 fully saturated rings. The summed E-state index contributed by atoms with van der Waals surface area (Å²) < 4.78 is 1.85. The third kappa shape index (κ3) is 1.33. The summed E-state index contributed by atoms with van der Waals surface area (Å²) in [4.78, 5) is 0. The number of fused-ring (bicyclic) bond motifs is 3. The molecule has 2 aromatic rings. The highest BCUT2D eigenvalue weighted by Gasteiger charge is 2.18. The average Bonchev–Trinajstić information content (AvgIpc) is 2.76. The van der Waals surface area contributed by atoms with Crippen LogP contribution in [0.15, 0.2) is 18.2 Å². The SMILES string of the molecule is CC(C)c1ccc2c(c1)CCc1nnnn1-2. The van der Waals surface area contributed by atoms with E-state index in [-0.39, 0.29) is 0 Å². The number of aryl methyl sites for hydroxylation is 2. The van der Waals surface area contributed by atoms with Crippen LogP contribution >= 0.6 is 0 Å². The lowest BCUT2D eigenvalue weighted by Gasteiger charge is -2.17. The number of tetrazole rings is 1. The second-order valence-electron chi connectivity index (χ2n) is 4.55. The molecule has 1 aliphatic rings. The quantitative estimate of drug-likeness (QED) is 0.728. The van der Waals surface area contributed by atoms with Crippen molar-refractivity contribution in [2.24, 2.45) is 0 Å². The van der Waals surface area contributed by atoms with E-state index in [4.69, 9.17) is 0 Å². The van der Waals surface area contributed by atoms with E-state index in [0.29, 0.717) is 5.92 Å². The van der Waals surface area contributed by atoms with Gasteiger partial charge in [0.15, 0.2) is 5.82 Å². The van der Waals surface area contributed by atoms with Gasteiger partial charge in [0.1, 0.15) is 0 Å². The molecule has 0 bridgehead atoms. The lowest BCUT2D eigenvalue weighted by Crippen LogP contribution is -2.14. The fourth-order valence-corrected chi connectivity index (χ4v) is 2.17. The van der Waals surface area contributed by atoms with Gasteiger partial charge < -0.3 is 0 Å². The molecule has 0 atom stereocenters.